The highest BCUT2D eigenvalue weighted by molar-refractivity contribution is 7.99. The molecule has 3 nitrogen and oxygen atoms in total. The van der Waals surface area contributed by atoms with Crippen LogP contribution in [-0.4, -0.2) is 20.5 Å². The number of halogens is 1. The zero-order chi connectivity index (χ0) is 19.2. The van der Waals surface area contributed by atoms with Gasteiger partial charge in [0.05, 0.1) is 0 Å². The minimum Gasteiger partial charge on any atom is -0.270 e. The Hall–Kier alpha value is -2.82. The minimum atomic E-state index is 0.707. The predicted molar refractivity (Wildman–Crippen MR) is 118 cm³/mol. The first-order valence-electron chi connectivity index (χ1n) is 8.92. The summed E-state index contributed by atoms with van der Waals surface area (Å²) in [6.07, 6.45) is 4.26. The second-order valence-electron chi connectivity index (χ2n) is 6.11. The molecule has 0 unspecified atom stereocenters. The van der Waals surface area contributed by atoms with Crippen LogP contribution in [0.5, 0.6) is 0 Å². The fourth-order valence-electron chi connectivity index (χ4n) is 2.83. The lowest BCUT2D eigenvalue weighted by atomic mass is 10.2. The minimum absolute atomic E-state index is 0.707. The Morgan fingerprint density at radius 1 is 0.821 bits per heavy atom. The molecular formula is C23H18ClN3S. The van der Waals surface area contributed by atoms with Crippen LogP contribution in [0.15, 0.2) is 96.2 Å². The van der Waals surface area contributed by atoms with Gasteiger partial charge in [-0.05, 0) is 29.8 Å². The summed E-state index contributed by atoms with van der Waals surface area (Å²) in [5.74, 6) is 1.62. The maximum Gasteiger partial charge on any atom is 0.196 e. The Morgan fingerprint density at radius 3 is 2.21 bits per heavy atom. The van der Waals surface area contributed by atoms with Gasteiger partial charge in [-0.3, -0.25) is 4.57 Å². The molecule has 0 atom stereocenters. The molecular weight excluding hydrogens is 386 g/mol. The van der Waals surface area contributed by atoms with Gasteiger partial charge in [0.1, 0.15) is 0 Å². The van der Waals surface area contributed by atoms with E-state index >= 15 is 0 Å². The van der Waals surface area contributed by atoms with Gasteiger partial charge in [0.15, 0.2) is 11.0 Å². The van der Waals surface area contributed by atoms with Crippen molar-refractivity contribution in [1.29, 1.82) is 0 Å². The van der Waals surface area contributed by atoms with E-state index in [1.165, 1.54) is 5.56 Å². The highest BCUT2D eigenvalue weighted by atomic mass is 35.5. The molecule has 4 aromatic rings. The van der Waals surface area contributed by atoms with Gasteiger partial charge in [-0.25, -0.2) is 0 Å². The molecule has 0 saturated carbocycles. The van der Waals surface area contributed by atoms with Crippen molar-refractivity contribution in [1.82, 2.24) is 14.8 Å². The van der Waals surface area contributed by atoms with Crippen LogP contribution in [0, 0.1) is 0 Å². The SMILES string of the molecule is Clc1ccc(-n2c(SCC=Cc3ccccc3)nnc2-c2ccccc2)cc1. The predicted octanol–water partition coefficient (Wildman–Crippen LogP) is 6.39. The molecule has 4 rings (SSSR count). The molecule has 0 aliphatic rings. The maximum atomic E-state index is 6.08. The van der Waals surface area contributed by atoms with Crippen LogP contribution in [-0.2, 0) is 0 Å². The number of aromatic nitrogens is 3. The van der Waals surface area contributed by atoms with Crippen molar-refractivity contribution in [2.45, 2.75) is 5.16 Å². The van der Waals surface area contributed by atoms with Gasteiger partial charge in [0.2, 0.25) is 0 Å². The Labute approximate surface area is 173 Å². The van der Waals surface area contributed by atoms with E-state index in [1.54, 1.807) is 11.8 Å². The first kappa shape index (κ1) is 18.5. The normalized spacial score (nSPS) is 11.2. The van der Waals surface area contributed by atoms with Crippen LogP contribution < -0.4 is 0 Å². The fraction of sp³-hybridized carbons (Fsp3) is 0.0435. The Morgan fingerprint density at radius 2 is 1.50 bits per heavy atom. The van der Waals surface area contributed by atoms with Gasteiger partial charge in [0, 0.05) is 22.0 Å². The van der Waals surface area contributed by atoms with Crippen LogP contribution in [0.25, 0.3) is 23.2 Å². The highest BCUT2D eigenvalue weighted by Crippen LogP contribution is 2.28. The average molecular weight is 404 g/mol. The second kappa shape index (κ2) is 8.91. The van der Waals surface area contributed by atoms with E-state index in [9.17, 15) is 0 Å². The van der Waals surface area contributed by atoms with Crippen molar-refractivity contribution in [3.05, 3.63) is 102 Å². The van der Waals surface area contributed by atoms with Crippen molar-refractivity contribution in [2.75, 3.05) is 5.75 Å². The average Bonchev–Trinajstić information content (AvgIpc) is 3.17. The van der Waals surface area contributed by atoms with Crippen LogP contribution in [0.2, 0.25) is 5.02 Å². The number of hydrogen-bond acceptors (Lipinski definition) is 3. The van der Waals surface area contributed by atoms with Gasteiger partial charge in [-0.2, -0.15) is 0 Å². The van der Waals surface area contributed by atoms with E-state index in [2.05, 4.69) is 39.0 Å². The summed E-state index contributed by atoms with van der Waals surface area (Å²) in [5.41, 5.74) is 3.20. The molecule has 3 aromatic carbocycles. The summed E-state index contributed by atoms with van der Waals surface area (Å²) in [5, 5.41) is 10.5. The van der Waals surface area contributed by atoms with E-state index in [0.29, 0.717) is 5.02 Å². The molecule has 0 fully saturated rings. The summed E-state index contributed by atoms with van der Waals surface area (Å²) in [7, 11) is 0. The van der Waals surface area contributed by atoms with E-state index in [1.807, 2.05) is 72.8 Å². The van der Waals surface area contributed by atoms with Gasteiger partial charge >= 0.3 is 0 Å². The molecule has 1 aromatic heterocycles. The molecule has 0 aliphatic heterocycles. The van der Waals surface area contributed by atoms with Crippen molar-refractivity contribution in [3.8, 4) is 17.1 Å². The lowest BCUT2D eigenvalue weighted by molar-refractivity contribution is 0.888. The van der Waals surface area contributed by atoms with E-state index in [-0.39, 0.29) is 0 Å². The Balaban J connectivity index is 1.62. The van der Waals surface area contributed by atoms with Crippen molar-refractivity contribution in [3.63, 3.8) is 0 Å². The lowest BCUT2D eigenvalue weighted by Gasteiger charge is -2.10. The molecule has 0 N–H and O–H groups in total. The van der Waals surface area contributed by atoms with Gasteiger partial charge in [-0.1, -0.05) is 96.2 Å². The monoisotopic (exact) mass is 403 g/mol. The number of rotatable bonds is 6. The van der Waals surface area contributed by atoms with Gasteiger partial charge < -0.3 is 0 Å². The van der Waals surface area contributed by atoms with Crippen molar-refractivity contribution in [2.24, 2.45) is 0 Å². The third-order valence-corrected chi connectivity index (χ3v) is 5.30. The first-order valence-corrected chi connectivity index (χ1v) is 10.3. The van der Waals surface area contributed by atoms with Crippen LogP contribution in [0.3, 0.4) is 0 Å². The molecule has 0 bridgehead atoms. The molecule has 1 heterocycles. The van der Waals surface area contributed by atoms with Crippen molar-refractivity contribution >= 4 is 29.4 Å². The van der Waals surface area contributed by atoms with Gasteiger partial charge in [-0.15, -0.1) is 10.2 Å². The summed E-state index contributed by atoms with van der Waals surface area (Å²) in [6, 6.07) is 28.1. The summed E-state index contributed by atoms with van der Waals surface area (Å²) >= 11 is 7.73. The van der Waals surface area contributed by atoms with Crippen LogP contribution >= 0.6 is 23.4 Å². The summed E-state index contributed by atoms with van der Waals surface area (Å²) < 4.78 is 2.08. The molecule has 0 aliphatic carbocycles. The number of hydrogen-bond donors (Lipinski definition) is 0. The fourth-order valence-corrected chi connectivity index (χ4v) is 3.72. The molecule has 138 valence electrons. The van der Waals surface area contributed by atoms with Crippen LogP contribution in [0.4, 0.5) is 0 Å². The number of benzene rings is 3. The Kier molecular flexibility index (Phi) is 5.90. The van der Waals surface area contributed by atoms with E-state index in [0.717, 1.165) is 28.0 Å². The molecule has 0 radical (unpaired) electrons. The molecule has 0 amide bonds. The van der Waals surface area contributed by atoms with Crippen molar-refractivity contribution < 1.29 is 0 Å². The Bertz CT molecular complexity index is 1060. The number of thioether (sulfide) groups is 1. The molecule has 5 heteroatoms. The topological polar surface area (TPSA) is 30.7 Å². The standard InChI is InChI=1S/C23H18ClN3S/c24-20-13-15-21(16-14-20)27-22(19-11-5-2-6-12-19)25-26-23(27)28-17-7-10-18-8-3-1-4-9-18/h1-16H,17H2. The first-order chi connectivity index (χ1) is 13.8. The largest absolute Gasteiger partial charge is 0.270 e. The smallest absolute Gasteiger partial charge is 0.196 e. The van der Waals surface area contributed by atoms with Gasteiger partial charge in [0.25, 0.3) is 0 Å². The third-order valence-electron chi connectivity index (χ3n) is 4.17. The lowest BCUT2D eigenvalue weighted by Crippen LogP contribution is -1.99. The zero-order valence-corrected chi connectivity index (χ0v) is 16.6. The van der Waals surface area contributed by atoms with E-state index in [4.69, 9.17) is 11.6 Å². The third kappa shape index (κ3) is 4.35. The maximum absolute atomic E-state index is 6.08. The summed E-state index contributed by atoms with van der Waals surface area (Å²) in [4.78, 5) is 0. The molecule has 0 saturated heterocycles. The second-order valence-corrected chi connectivity index (χ2v) is 7.53. The molecule has 28 heavy (non-hydrogen) atoms. The summed E-state index contributed by atoms with van der Waals surface area (Å²) in [6.45, 7) is 0. The highest BCUT2D eigenvalue weighted by Gasteiger charge is 2.15. The molecule has 0 spiro atoms. The quantitative estimate of drug-likeness (QED) is 0.349. The van der Waals surface area contributed by atoms with E-state index < -0.39 is 0 Å². The zero-order valence-electron chi connectivity index (χ0n) is 15.1. The number of nitrogens with zero attached hydrogens (tertiary/aromatic N) is 3. The van der Waals surface area contributed by atoms with Crippen LogP contribution in [0.1, 0.15) is 5.56 Å².